The average molecular weight is 273 g/mol. The molecular formula is C14H15N3O3. The van der Waals surface area contributed by atoms with Crippen LogP contribution in [0.4, 0.5) is 11.4 Å². The monoisotopic (exact) mass is 273 g/mol. The maximum absolute atomic E-state index is 11.0. The molecule has 1 aromatic heterocycles. The number of nitrogens with one attached hydrogen (secondary N) is 1. The van der Waals surface area contributed by atoms with Gasteiger partial charge in [-0.15, -0.1) is 0 Å². The van der Waals surface area contributed by atoms with E-state index in [4.69, 9.17) is 4.74 Å². The fourth-order valence-electron chi connectivity index (χ4n) is 2.49. The smallest absolute Gasteiger partial charge is 0.278 e. The lowest BCUT2D eigenvalue weighted by atomic mass is 10.1. The summed E-state index contributed by atoms with van der Waals surface area (Å²) in [5.41, 5.74) is 1.51. The second kappa shape index (κ2) is 5.42. The zero-order valence-electron chi connectivity index (χ0n) is 10.9. The van der Waals surface area contributed by atoms with Crippen LogP contribution in [-0.2, 0) is 4.74 Å². The Kier molecular flexibility index (Phi) is 3.47. The van der Waals surface area contributed by atoms with E-state index in [0.717, 1.165) is 25.1 Å². The Morgan fingerprint density at radius 2 is 2.35 bits per heavy atom. The number of nitro groups is 1. The van der Waals surface area contributed by atoms with Crippen molar-refractivity contribution in [2.45, 2.75) is 18.9 Å². The fourth-order valence-corrected chi connectivity index (χ4v) is 2.49. The van der Waals surface area contributed by atoms with Gasteiger partial charge < -0.3 is 10.1 Å². The van der Waals surface area contributed by atoms with E-state index in [9.17, 15) is 10.1 Å². The van der Waals surface area contributed by atoms with Gasteiger partial charge in [0, 0.05) is 25.4 Å². The van der Waals surface area contributed by atoms with Crippen molar-refractivity contribution in [1.82, 2.24) is 4.98 Å². The van der Waals surface area contributed by atoms with Crippen molar-refractivity contribution in [3.63, 3.8) is 0 Å². The molecule has 3 rings (SSSR count). The summed E-state index contributed by atoms with van der Waals surface area (Å²) in [6.45, 7) is 1.51. The van der Waals surface area contributed by atoms with Crippen molar-refractivity contribution in [3.8, 4) is 0 Å². The molecule has 1 saturated heterocycles. The molecule has 1 aliphatic heterocycles. The Bertz CT molecular complexity index is 639. The summed E-state index contributed by atoms with van der Waals surface area (Å²) >= 11 is 0. The third-order valence-corrected chi connectivity index (χ3v) is 3.49. The first-order valence-electron chi connectivity index (χ1n) is 6.63. The van der Waals surface area contributed by atoms with E-state index in [0.29, 0.717) is 17.4 Å². The van der Waals surface area contributed by atoms with Crippen molar-refractivity contribution in [1.29, 1.82) is 0 Å². The molecule has 1 aliphatic rings. The number of ether oxygens (including phenoxy) is 1. The molecule has 1 unspecified atom stereocenters. The van der Waals surface area contributed by atoms with E-state index in [-0.39, 0.29) is 16.7 Å². The third-order valence-electron chi connectivity index (χ3n) is 3.49. The summed E-state index contributed by atoms with van der Waals surface area (Å²) in [5, 5.41) is 14.9. The number of benzene rings is 1. The van der Waals surface area contributed by atoms with Gasteiger partial charge in [-0.05, 0) is 31.0 Å². The number of hydrogen-bond donors (Lipinski definition) is 1. The highest BCUT2D eigenvalue weighted by molar-refractivity contribution is 5.96. The molecule has 0 bridgehead atoms. The van der Waals surface area contributed by atoms with Crippen LogP contribution in [-0.4, -0.2) is 29.2 Å². The molecule has 0 spiro atoms. The minimum Gasteiger partial charge on any atom is -0.381 e. The predicted octanol–water partition coefficient (Wildman–Crippen LogP) is 2.73. The van der Waals surface area contributed by atoms with Crippen molar-refractivity contribution in [2.75, 3.05) is 18.5 Å². The van der Waals surface area contributed by atoms with Gasteiger partial charge in [0.05, 0.1) is 22.1 Å². The molecule has 1 fully saturated rings. The maximum Gasteiger partial charge on any atom is 0.278 e. The van der Waals surface area contributed by atoms with Crippen molar-refractivity contribution in [3.05, 3.63) is 40.6 Å². The van der Waals surface area contributed by atoms with Crippen LogP contribution >= 0.6 is 0 Å². The van der Waals surface area contributed by atoms with Gasteiger partial charge in [0.2, 0.25) is 0 Å². The summed E-state index contributed by atoms with van der Waals surface area (Å²) < 4.78 is 5.56. The lowest BCUT2D eigenvalue weighted by molar-refractivity contribution is -0.383. The maximum atomic E-state index is 11.0. The molecule has 0 amide bonds. The molecule has 0 aliphatic carbocycles. The Hall–Kier alpha value is -2.21. The molecule has 1 atom stereocenters. The van der Waals surface area contributed by atoms with Crippen LogP contribution in [0.3, 0.4) is 0 Å². The van der Waals surface area contributed by atoms with Gasteiger partial charge in [-0.1, -0.05) is 0 Å². The lowest BCUT2D eigenvalue weighted by Crippen LogP contribution is -2.18. The summed E-state index contributed by atoms with van der Waals surface area (Å²) in [6, 6.07) is 6.65. The SMILES string of the molecule is O=[N+]([O-])c1ccc(NCC2CCCO2)c2ncccc12. The van der Waals surface area contributed by atoms with E-state index in [1.165, 1.54) is 6.07 Å². The summed E-state index contributed by atoms with van der Waals surface area (Å²) in [6.07, 6.45) is 3.99. The summed E-state index contributed by atoms with van der Waals surface area (Å²) in [7, 11) is 0. The zero-order chi connectivity index (χ0) is 13.9. The van der Waals surface area contributed by atoms with Gasteiger partial charge in [0.15, 0.2) is 0 Å². The second-order valence-electron chi connectivity index (χ2n) is 4.80. The van der Waals surface area contributed by atoms with Crippen LogP contribution in [0.5, 0.6) is 0 Å². The number of nitrogens with zero attached hydrogens (tertiary/aromatic N) is 2. The highest BCUT2D eigenvalue weighted by Gasteiger charge is 2.18. The molecule has 1 N–H and O–H groups in total. The minimum atomic E-state index is -0.381. The largest absolute Gasteiger partial charge is 0.381 e. The summed E-state index contributed by atoms with van der Waals surface area (Å²) in [5.74, 6) is 0. The third kappa shape index (κ3) is 2.42. The Morgan fingerprint density at radius 1 is 1.45 bits per heavy atom. The first-order valence-corrected chi connectivity index (χ1v) is 6.63. The Morgan fingerprint density at radius 3 is 3.10 bits per heavy atom. The van der Waals surface area contributed by atoms with Gasteiger partial charge in [-0.3, -0.25) is 15.1 Å². The van der Waals surface area contributed by atoms with Crippen LogP contribution in [0.1, 0.15) is 12.8 Å². The topological polar surface area (TPSA) is 77.3 Å². The number of anilines is 1. The quantitative estimate of drug-likeness (QED) is 0.684. The van der Waals surface area contributed by atoms with Gasteiger partial charge in [0.25, 0.3) is 5.69 Å². The normalized spacial score (nSPS) is 18.3. The van der Waals surface area contributed by atoms with E-state index in [2.05, 4.69) is 10.3 Å². The number of fused-ring (bicyclic) bond motifs is 1. The molecular weight excluding hydrogens is 258 g/mol. The van der Waals surface area contributed by atoms with Crippen molar-refractivity contribution in [2.24, 2.45) is 0 Å². The van der Waals surface area contributed by atoms with E-state index < -0.39 is 0 Å². The minimum absolute atomic E-state index is 0.0794. The number of nitro benzene ring substituents is 1. The number of non-ortho nitro benzene ring substituents is 1. The highest BCUT2D eigenvalue weighted by Crippen LogP contribution is 2.29. The van der Waals surface area contributed by atoms with E-state index in [1.54, 1.807) is 24.4 Å². The fraction of sp³-hybridized carbons (Fsp3) is 0.357. The first kappa shape index (κ1) is 12.8. The molecule has 20 heavy (non-hydrogen) atoms. The summed E-state index contributed by atoms with van der Waals surface area (Å²) in [4.78, 5) is 14.9. The van der Waals surface area contributed by atoms with Crippen LogP contribution in [0.2, 0.25) is 0 Å². The van der Waals surface area contributed by atoms with Gasteiger partial charge >= 0.3 is 0 Å². The van der Waals surface area contributed by atoms with Crippen LogP contribution < -0.4 is 5.32 Å². The van der Waals surface area contributed by atoms with Crippen LogP contribution in [0.25, 0.3) is 10.9 Å². The zero-order valence-corrected chi connectivity index (χ0v) is 10.9. The second-order valence-corrected chi connectivity index (χ2v) is 4.80. The highest BCUT2D eigenvalue weighted by atomic mass is 16.6. The van der Waals surface area contributed by atoms with Crippen LogP contribution in [0.15, 0.2) is 30.5 Å². The molecule has 104 valence electrons. The van der Waals surface area contributed by atoms with Crippen molar-refractivity contribution >= 4 is 22.3 Å². The number of hydrogen-bond acceptors (Lipinski definition) is 5. The molecule has 6 heteroatoms. The van der Waals surface area contributed by atoms with Gasteiger partial charge in [0.1, 0.15) is 5.52 Å². The molecule has 2 aromatic rings. The molecule has 0 saturated carbocycles. The Balaban J connectivity index is 1.91. The molecule has 2 heterocycles. The number of aromatic nitrogens is 1. The predicted molar refractivity (Wildman–Crippen MR) is 75.9 cm³/mol. The van der Waals surface area contributed by atoms with Gasteiger partial charge in [-0.2, -0.15) is 0 Å². The number of rotatable bonds is 4. The van der Waals surface area contributed by atoms with E-state index in [1.807, 2.05) is 0 Å². The van der Waals surface area contributed by atoms with Crippen molar-refractivity contribution < 1.29 is 9.66 Å². The van der Waals surface area contributed by atoms with Gasteiger partial charge in [-0.25, -0.2) is 0 Å². The number of pyridine rings is 1. The molecule has 1 aromatic carbocycles. The lowest BCUT2D eigenvalue weighted by Gasteiger charge is -2.13. The standard InChI is InChI=1S/C14H15N3O3/c18-17(19)13-6-5-12(14-11(13)4-1-7-15-14)16-9-10-3-2-8-20-10/h1,4-7,10,16H,2-3,8-9H2. The van der Waals surface area contributed by atoms with E-state index >= 15 is 0 Å². The molecule has 6 nitrogen and oxygen atoms in total. The first-order chi connectivity index (χ1) is 9.75. The Labute approximate surface area is 115 Å². The van der Waals surface area contributed by atoms with Crippen LogP contribution in [0, 0.1) is 10.1 Å². The average Bonchev–Trinajstić information content (AvgIpc) is 2.97. The molecule has 0 radical (unpaired) electrons.